The first-order chi connectivity index (χ1) is 14.9. The molecule has 0 bridgehead atoms. The zero-order valence-corrected chi connectivity index (χ0v) is 17.8. The van der Waals surface area contributed by atoms with E-state index in [4.69, 9.17) is 11.6 Å². The summed E-state index contributed by atoms with van der Waals surface area (Å²) < 4.78 is 17.4. The summed E-state index contributed by atoms with van der Waals surface area (Å²) in [5.41, 5.74) is 0.883. The topological polar surface area (TPSA) is 92.5 Å². The molecule has 31 heavy (non-hydrogen) atoms. The fraction of sp³-hybridized carbons (Fsp3) is 0.250. The number of carbonyl (C=O) groups excluding carboxylic acids is 1. The first-order valence-electron chi connectivity index (χ1n) is 9.46. The van der Waals surface area contributed by atoms with Crippen molar-refractivity contribution in [2.75, 3.05) is 31.1 Å². The Balaban J connectivity index is 1.37. The number of rotatable bonds is 5. The molecule has 0 atom stereocenters. The van der Waals surface area contributed by atoms with Gasteiger partial charge in [0.05, 0.1) is 4.92 Å². The minimum Gasteiger partial charge on any atom is -0.343 e. The van der Waals surface area contributed by atoms with Crippen LogP contribution in [0.5, 0.6) is 0 Å². The van der Waals surface area contributed by atoms with Gasteiger partial charge < -0.3 is 9.80 Å². The molecule has 0 N–H and O–H groups in total. The van der Waals surface area contributed by atoms with Crippen LogP contribution in [0.4, 0.5) is 15.2 Å². The monoisotopic (exact) mass is 461 g/mol. The highest BCUT2D eigenvalue weighted by molar-refractivity contribution is 7.09. The second kappa shape index (κ2) is 8.94. The number of halogens is 2. The van der Waals surface area contributed by atoms with Crippen LogP contribution < -0.4 is 4.90 Å². The number of anilines is 1. The van der Waals surface area contributed by atoms with E-state index in [0.717, 1.165) is 10.7 Å². The predicted molar refractivity (Wildman–Crippen MR) is 115 cm³/mol. The van der Waals surface area contributed by atoms with Crippen LogP contribution in [0.3, 0.4) is 0 Å². The first-order valence-corrected chi connectivity index (χ1v) is 10.6. The van der Waals surface area contributed by atoms with Crippen molar-refractivity contribution in [3.8, 4) is 0 Å². The highest BCUT2D eigenvalue weighted by Crippen LogP contribution is 2.26. The zero-order valence-electron chi connectivity index (χ0n) is 16.2. The summed E-state index contributed by atoms with van der Waals surface area (Å²) in [6, 6.07) is 10.3. The number of piperazine rings is 1. The van der Waals surface area contributed by atoms with Crippen LogP contribution in [0.25, 0.3) is 0 Å². The number of benzene rings is 2. The fourth-order valence-corrected chi connectivity index (χ4v) is 4.22. The maximum Gasteiger partial charge on any atom is 0.288 e. The van der Waals surface area contributed by atoms with Crippen molar-refractivity contribution in [2.45, 2.75) is 6.42 Å². The maximum absolute atomic E-state index is 13.0. The molecule has 0 aliphatic carbocycles. The molecule has 1 aromatic heterocycles. The molecule has 1 aliphatic rings. The van der Waals surface area contributed by atoms with E-state index >= 15 is 0 Å². The predicted octanol–water partition coefficient (Wildman–Crippen LogP) is 3.79. The van der Waals surface area contributed by atoms with Crippen molar-refractivity contribution in [3.63, 3.8) is 0 Å². The Morgan fingerprint density at radius 1 is 1.16 bits per heavy atom. The van der Waals surface area contributed by atoms with Gasteiger partial charge in [-0.05, 0) is 29.8 Å². The molecule has 11 heteroatoms. The van der Waals surface area contributed by atoms with Crippen molar-refractivity contribution in [1.82, 2.24) is 14.3 Å². The number of nitro groups is 1. The number of nitrogens with zero attached hydrogens (tertiary/aromatic N) is 5. The summed E-state index contributed by atoms with van der Waals surface area (Å²) in [6.07, 6.45) is 0.518. The minimum atomic E-state index is -0.601. The third-order valence-corrected chi connectivity index (χ3v) is 6.09. The van der Waals surface area contributed by atoms with Crippen molar-refractivity contribution in [2.24, 2.45) is 0 Å². The van der Waals surface area contributed by atoms with E-state index in [0.29, 0.717) is 38.4 Å². The van der Waals surface area contributed by atoms with Crippen LogP contribution in [0.15, 0.2) is 42.5 Å². The molecule has 0 unspecified atom stereocenters. The standard InChI is InChI=1S/C20H17ClFN5O3S/c21-16-6-3-14(12-17(16)27(29)30)19(28)25-7-9-26(10-8-25)20-23-18(24-31-20)11-13-1-4-15(22)5-2-13/h1-6,12H,7-11H2. The molecule has 2 heterocycles. The third kappa shape index (κ3) is 4.80. The second-order valence-electron chi connectivity index (χ2n) is 7.00. The molecule has 0 radical (unpaired) electrons. The Labute approximate surface area is 186 Å². The van der Waals surface area contributed by atoms with Crippen LogP contribution in [0.2, 0.25) is 5.02 Å². The Morgan fingerprint density at radius 3 is 2.55 bits per heavy atom. The molecule has 8 nitrogen and oxygen atoms in total. The molecule has 0 saturated carbocycles. The zero-order chi connectivity index (χ0) is 22.0. The van der Waals surface area contributed by atoms with Crippen LogP contribution in [0.1, 0.15) is 21.7 Å². The van der Waals surface area contributed by atoms with E-state index in [-0.39, 0.29) is 28.0 Å². The van der Waals surface area contributed by atoms with Crippen LogP contribution in [-0.4, -0.2) is 51.3 Å². The number of carbonyl (C=O) groups is 1. The van der Waals surface area contributed by atoms with E-state index < -0.39 is 4.92 Å². The summed E-state index contributed by atoms with van der Waals surface area (Å²) in [6.45, 7) is 2.07. The van der Waals surface area contributed by atoms with Crippen molar-refractivity contribution >= 4 is 39.9 Å². The van der Waals surface area contributed by atoms with Crippen LogP contribution in [0, 0.1) is 15.9 Å². The quantitative estimate of drug-likeness (QED) is 0.424. The number of hydrogen-bond donors (Lipinski definition) is 0. The lowest BCUT2D eigenvalue weighted by Crippen LogP contribution is -2.48. The molecular formula is C20H17ClFN5O3S. The number of amides is 1. The first kappa shape index (κ1) is 21.1. The maximum atomic E-state index is 13.0. The fourth-order valence-electron chi connectivity index (χ4n) is 3.30. The van der Waals surface area contributed by atoms with Crippen LogP contribution in [-0.2, 0) is 6.42 Å². The van der Waals surface area contributed by atoms with E-state index in [2.05, 4.69) is 14.3 Å². The molecule has 0 spiro atoms. The number of nitro benzene ring substituents is 1. The Hall–Kier alpha value is -3.11. The van der Waals surface area contributed by atoms with E-state index in [1.54, 1.807) is 17.0 Å². The van der Waals surface area contributed by atoms with Gasteiger partial charge in [-0.15, -0.1) is 0 Å². The minimum absolute atomic E-state index is 0.000851. The Bertz CT molecular complexity index is 1120. The van der Waals surface area contributed by atoms with Crippen molar-refractivity contribution < 1.29 is 14.1 Å². The lowest BCUT2D eigenvalue weighted by Gasteiger charge is -2.34. The molecule has 1 aliphatic heterocycles. The molecule has 1 amide bonds. The van der Waals surface area contributed by atoms with Gasteiger partial charge in [0.25, 0.3) is 11.6 Å². The summed E-state index contributed by atoms with van der Waals surface area (Å²) >= 11 is 7.12. The normalized spacial score (nSPS) is 14.0. The summed E-state index contributed by atoms with van der Waals surface area (Å²) in [5.74, 6) is 0.114. The molecule has 1 fully saturated rings. The average Bonchev–Trinajstić information content (AvgIpc) is 3.23. The molecule has 4 rings (SSSR count). The smallest absolute Gasteiger partial charge is 0.288 e. The number of hydrogen-bond acceptors (Lipinski definition) is 7. The summed E-state index contributed by atoms with van der Waals surface area (Å²) in [7, 11) is 0. The van der Waals surface area contributed by atoms with Gasteiger partial charge in [-0.1, -0.05) is 23.7 Å². The highest BCUT2D eigenvalue weighted by Gasteiger charge is 2.25. The highest BCUT2D eigenvalue weighted by atomic mass is 35.5. The lowest BCUT2D eigenvalue weighted by atomic mass is 10.1. The van der Waals surface area contributed by atoms with Gasteiger partial charge in [-0.2, -0.15) is 4.37 Å². The second-order valence-corrected chi connectivity index (χ2v) is 8.14. The van der Waals surface area contributed by atoms with Crippen LogP contribution >= 0.6 is 23.1 Å². The van der Waals surface area contributed by atoms with Crippen molar-refractivity contribution in [3.05, 3.63) is 80.4 Å². The SMILES string of the molecule is O=C(c1ccc(Cl)c([N+](=O)[O-])c1)N1CCN(c2nc(Cc3ccc(F)cc3)ns2)CC1. The Kier molecular flexibility index (Phi) is 6.10. The number of aromatic nitrogens is 2. The van der Waals surface area contributed by atoms with E-state index in [9.17, 15) is 19.3 Å². The molecule has 160 valence electrons. The van der Waals surface area contributed by atoms with Gasteiger partial charge in [-0.3, -0.25) is 14.9 Å². The lowest BCUT2D eigenvalue weighted by molar-refractivity contribution is -0.384. The van der Waals surface area contributed by atoms with E-state index in [1.165, 1.54) is 41.9 Å². The molecule has 3 aromatic rings. The summed E-state index contributed by atoms with van der Waals surface area (Å²) in [5, 5.41) is 11.8. The van der Waals surface area contributed by atoms with Gasteiger partial charge in [0.15, 0.2) is 0 Å². The third-order valence-electron chi connectivity index (χ3n) is 4.96. The van der Waals surface area contributed by atoms with Crippen molar-refractivity contribution in [1.29, 1.82) is 0 Å². The average molecular weight is 462 g/mol. The van der Waals surface area contributed by atoms with Gasteiger partial charge in [0.2, 0.25) is 5.13 Å². The van der Waals surface area contributed by atoms with Gasteiger partial charge in [0.1, 0.15) is 16.7 Å². The van der Waals surface area contributed by atoms with Gasteiger partial charge in [0, 0.05) is 55.8 Å². The van der Waals surface area contributed by atoms with E-state index in [1.807, 2.05) is 0 Å². The van der Waals surface area contributed by atoms with Gasteiger partial charge >= 0.3 is 0 Å². The summed E-state index contributed by atoms with van der Waals surface area (Å²) in [4.78, 5) is 31.5. The molecule has 1 saturated heterocycles. The van der Waals surface area contributed by atoms with Gasteiger partial charge in [-0.25, -0.2) is 9.37 Å². The largest absolute Gasteiger partial charge is 0.343 e. The Morgan fingerprint density at radius 2 is 1.87 bits per heavy atom. The molecule has 2 aromatic carbocycles. The molecular weight excluding hydrogens is 445 g/mol.